The van der Waals surface area contributed by atoms with Crippen molar-refractivity contribution in [1.29, 1.82) is 0 Å². The molecule has 1 aliphatic heterocycles. The molecule has 7 nitrogen and oxygen atoms in total. The summed E-state index contributed by atoms with van der Waals surface area (Å²) in [5.41, 5.74) is 1.02. The van der Waals surface area contributed by atoms with Crippen LogP contribution >= 0.6 is 0 Å². The van der Waals surface area contributed by atoms with Crippen molar-refractivity contribution in [2.45, 2.75) is 19.4 Å². The number of ether oxygens (including phenoxy) is 7. The monoisotopic (exact) mass is 394 g/mol. The zero-order valence-electron chi connectivity index (χ0n) is 16.8. The van der Waals surface area contributed by atoms with E-state index in [-0.39, 0.29) is 19.7 Å². The van der Waals surface area contributed by atoms with Gasteiger partial charge in [-0.05, 0) is 19.1 Å². The molecule has 0 aliphatic carbocycles. The average molecular weight is 394 g/mol. The largest absolute Gasteiger partial charge is 0.482 e. The van der Waals surface area contributed by atoms with Gasteiger partial charge in [0.25, 0.3) is 0 Å². The number of hydrogen-bond acceptors (Lipinski definition) is 7. The number of rotatable bonds is 14. The molecule has 7 heteroatoms. The zero-order valence-corrected chi connectivity index (χ0v) is 16.8. The van der Waals surface area contributed by atoms with E-state index in [1.54, 1.807) is 20.3 Å². The van der Waals surface area contributed by atoms with Crippen LogP contribution in [0.15, 0.2) is 36.4 Å². The third kappa shape index (κ3) is 7.52. The molecule has 0 saturated heterocycles. The summed E-state index contributed by atoms with van der Waals surface area (Å²) in [7, 11) is 3.26. The van der Waals surface area contributed by atoms with Crippen LogP contribution in [0.3, 0.4) is 0 Å². The Kier molecular flexibility index (Phi) is 10.5. The summed E-state index contributed by atoms with van der Waals surface area (Å²) >= 11 is 0. The molecule has 156 valence electrons. The molecule has 0 amide bonds. The normalized spacial score (nSPS) is 15.9. The third-order valence-electron chi connectivity index (χ3n) is 3.90. The fraction of sp³-hybridized carbons (Fsp3) is 0.524. The molecule has 0 spiro atoms. The molecule has 0 aromatic heterocycles. The lowest BCUT2D eigenvalue weighted by atomic mass is 10.1. The van der Waals surface area contributed by atoms with E-state index >= 15 is 0 Å². The Morgan fingerprint density at radius 3 is 2.36 bits per heavy atom. The van der Waals surface area contributed by atoms with Gasteiger partial charge in [0.2, 0.25) is 0 Å². The Balaban J connectivity index is 2.01. The van der Waals surface area contributed by atoms with Crippen LogP contribution < -0.4 is 14.2 Å². The molecule has 1 aromatic rings. The molecule has 1 aromatic carbocycles. The summed E-state index contributed by atoms with van der Waals surface area (Å²) in [5, 5.41) is 0. The van der Waals surface area contributed by atoms with E-state index in [9.17, 15) is 0 Å². The second-order valence-corrected chi connectivity index (χ2v) is 6.01. The van der Waals surface area contributed by atoms with Crippen LogP contribution in [-0.2, 0) is 25.4 Å². The molecule has 0 bridgehead atoms. The van der Waals surface area contributed by atoms with E-state index in [2.05, 4.69) is 0 Å². The average Bonchev–Trinajstić information content (AvgIpc) is 3.11. The highest BCUT2D eigenvalue weighted by atomic mass is 16.7. The molecule has 1 heterocycles. The molecule has 0 radical (unpaired) electrons. The van der Waals surface area contributed by atoms with Crippen molar-refractivity contribution in [1.82, 2.24) is 0 Å². The SMILES string of the molecule is C/C=C/C=C/C1Cc2cc(OCOCCOC)cc(OCOCCOC)c2O1. The van der Waals surface area contributed by atoms with Crippen molar-refractivity contribution in [3.05, 3.63) is 42.0 Å². The number of fused-ring (bicyclic) bond motifs is 1. The van der Waals surface area contributed by atoms with Gasteiger partial charge >= 0.3 is 0 Å². The summed E-state index contributed by atoms with van der Waals surface area (Å²) in [6, 6.07) is 3.74. The zero-order chi connectivity index (χ0) is 20.0. The Morgan fingerprint density at radius 1 is 0.964 bits per heavy atom. The first-order valence-corrected chi connectivity index (χ1v) is 9.30. The molecule has 0 N–H and O–H groups in total. The van der Waals surface area contributed by atoms with Gasteiger partial charge in [-0.2, -0.15) is 0 Å². The molecular formula is C21H30O7. The minimum absolute atomic E-state index is 0.0452. The fourth-order valence-electron chi connectivity index (χ4n) is 2.54. The first-order valence-electron chi connectivity index (χ1n) is 9.30. The number of hydrogen-bond donors (Lipinski definition) is 0. The topological polar surface area (TPSA) is 64.6 Å². The van der Waals surface area contributed by atoms with E-state index in [1.807, 2.05) is 37.3 Å². The Hall–Kier alpha value is -2.06. The standard InChI is InChI=1S/C21H30O7/c1-4-5-6-7-18-12-17-13-19(26-15-24-10-8-22-2)14-20(21(17)28-18)27-16-25-11-9-23-3/h4-7,13-14,18H,8-12,15-16H2,1-3H3/b5-4+,7-6+. The second kappa shape index (κ2) is 13.2. The predicted molar refractivity (Wildman–Crippen MR) is 105 cm³/mol. The molecular weight excluding hydrogens is 364 g/mol. The van der Waals surface area contributed by atoms with Crippen molar-refractivity contribution < 1.29 is 33.2 Å². The van der Waals surface area contributed by atoms with Gasteiger partial charge in [0.05, 0.1) is 26.4 Å². The van der Waals surface area contributed by atoms with Gasteiger partial charge < -0.3 is 33.2 Å². The Morgan fingerprint density at radius 2 is 1.68 bits per heavy atom. The van der Waals surface area contributed by atoms with Gasteiger partial charge in [-0.15, -0.1) is 0 Å². The van der Waals surface area contributed by atoms with E-state index in [0.29, 0.717) is 37.9 Å². The fourth-order valence-corrected chi connectivity index (χ4v) is 2.54. The molecule has 1 unspecified atom stereocenters. The van der Waals surface area contributed by atoms with Gasteiger partial charge in [0.1, 0.15) is 11.9 Å². The highest BCUT2D eigenvalue weighted by Crippen LogP contribution is 2.41. The van der Waals surface area contributed by atoms with E-state index < -0.39 is 0 Å². The van der Waals surface area contributed by atoms with Gasteiger partial charge in [-0.1, -0.05) is 18.2 Å². The smallest absolute Gasteiger partial charge is 0.189 e. The van der Waals surface area contributed by atoms with Crippen molar-refractivity contribution in [3.8, 4) is 17.2 Å². The summed E-state index contributed by atoms with van der Waals surface area (Å²) in [4.78, 5) is 0. The van der Waals surface area contributed by atoms with Crippen molar-refractivity contribution in [2.24, 2.45) is 0 Å². The molecule has 2 rings (SSSR count). The predicted octanol–water partition coefficient (Wildman–Crippen LogP) is 3.12. The second-order valence-electron chi connectivity index (χ2n) is 6.01. The van der Waals surface area contributed by atoms with Crippen LogP contribution in [0.25, 0.3) is 0 Å². The maximum absolute atomic E-state index is 6.05. The molecule has 1 atom stereocenters. The summed E-state index contributed by atoms with van der Waals surface area (Å²) < 4.78 is 38.2. The minimum atomic E-state index is -0.0452. The molecule has 28 heavy (non-hydrogen) atoms. The highest BCUT2D eigenvalue weighted by Gasteiger charge is 2.26. The van der Waals surface area contributed by atoms with Crippen LogP contribution in [0, 0.1) is 0 Å². The number of methoxy groups -OCH3 is 2. The summed E-state index contributed by atoms with van der Waals surface area (Å²) in [6.07, 6.45) is 8.64. The molecule has 0 fully saturated rings. The van der Waals surface area contributed by atoms with Gasteiger partial charge in [0, 0.05) is 32.3 Å². The lowest BCUT2D eigenvalue weighted by Gasteiger charge is -2.14. The number of allylic oxidation sites excluding steroid dienone is 3. The van der Waals surface area contributed by atoms with Crippen LogP contribution in [0.1, 0.15) is 12.5 Å². The lowest BCUT2D eigenvalue weighted by molar-refractivity contribution is -0.0124. The molecule has 1 aliphatic rings. The third-order valence-corrected chi connectivity index (χ3v) is 3.90. The lowest BCUT2D eigenvalue weighted by Crippen LogP contribution is -2.10. The van der Waals surface area contributed by atoms with Gasteiger partial charge in [0.15, 0.2) is 25.1 Å². The van der Waals surface area contributed by atoms with Crippen LogP contribution in [0.2, 0.25) is 0 Å². The minimum Gasteiger partial charge on any atom is -0.482 e. The maximum atomic E-state index is 6.05. The van der Waals surface area contributed by atoms with Crippen LogP contribution in [0.5, 0.6) is 17.2 Å². The van der Waals surface area contributed by atoms with E-state index in [4.69, 9.17) is 33.2 Å². The Labute approximate surface area is 166 Å². The first kappa shape index (κ1) is 22.2. The Bertz CT molecular complexity index is 627. The van der Waals surface area contributed by atoms with E-state index in [0.717, 1.165) is 17.7 Å². The van der Waals surface area contributed by atoms with Crippen molar-refractivity contribution >= 4 is 0 Å². The van der Waals surface area contributed by atoms with Crippen LogP contribution in [-0.4, -0.2) is 60.3 Å². The first-order chi connectivity index (χ1) is 13.8. The quantitative estimate of drug-likeness (QED) is 0.273. The molecule has 0 saturated carbocycles. The van der Waals surface area contributed by atoms with Crippen molar-refractivity contribution in [3.63, 3.8) is 0 Å². The summed E-state index contributed by atoms with van der Waals surface area (Å²) in [6.45, 7) is 4.18. The van der Waals surface area contributed by atoms with Crippen molar-refractivity contribution in [2.75, 3.05) is 54.2 Å². The maximum Gasteiger partial charge on any atom is 0.189 e. The van der Waals surface area contributed by atoms with Crippen LogP contribution in [0.4, 0.5) is 0 Å². The summed E-state index contributed by atoms with van der Waals surface area (Å²) in [5.74, 6) is 1.96. The number of benzene rings is 1. The highest BCUT2D eigenvalue weighted by molar-refractivity contribution is 5.54. The van der Waals surface area contributed by atoms with Gasteiger partial charge in [-0.3, -0.25) is 0 Å². The van der Waals surface area contributed by atoms with E-state index in [1.165, 1.54) is 0 Å². The van der Waals surface area contributed by atoms with Gasteiger partial charge in [-0.25, -0.2) is 0 Å².